The zero-order valence-corrected chi connectivity index (χ0v) is 15.1. The zero-order valence-electron chi connectivity index (χ0n) is 14.3. The summed E-state index contributed by atoms with van der Waals surface area (Å²) in [5, 5.41) is 5.99. The summed E-state index contributed by atoms with van der Waals surface area (Å²) in [6.07, 6.45) is 5.94. The summed E-state index contributed by atoms with van der Waals surface area (Å²) in [5.41, 5.74) is 1.85. The first-order chi connectivity index (χ1) is 9.94. The minimum absolute atomic E-state index is 0.0451. The first kappa shape index (κ1) is 17.0. The van der Waals surface area contributed by atoms with E-state index < -0.39 is 0 Å². The van der Waals surface area contributed by atoms with Gasteiger partial charge in [0.15, 0.2) is 0 Å². The van der Waals surface area contributed by atoms with Crippen molar-refractivity contribution in [1.82, 2.24) is 5.32 Å². The Morgan fingerprint density at radius 1 is 1.29 bits per heavy atom. The highest BCUT2D eigenvalue weighted by atomic mass is 32.1. The Morgan fingerprint density at radius 2 is 1.95 bits per heavy atom. The summed E-state index contributed by atoms with van der Waals surface area (Å²) in [6, 6.07) is 2.61. The van der Waals surface area contributed by atoms with Crippen LogP contribution in [0.2, 0.25) is 0 Å². The van der Waals surface area contributed by atoms with Crippen LogP contribution in [0, 0.1) is 12.3 Å². The molecule has 2 nitrogen and oxygen atoms in total. The van der Waals surface area contributed by atoms with Crippen LogP contribution < -0.4 is 5.32 Å². The minimum Gasteiger partial charge on any atom is -0.376 e. The molecule has 1 fully saturated rings. The van der Waals surface area contributed by atoms with Crippen molar-refractivity contribution in [3.63, 3.8) is 0 Å². The third-order valence-electron chi connectivity index (χ3n) is 5.19. The van der Waals surface area contributed by atoms with E-state index in [-0.39, 0.29) is 5.60 Å². The number of rotatable bonds is 6. The Bertz CT molecular complexity index is 442. The summed E-state index contributed by atoms with van der Waals surface area (Å²) in [4.78, 5) is 1.42. The average Bonchev–Trinajstić information content (AvgIpc) is 2.87. The van der Waals surface area contributed by atoms with Crippen LogP contribution in [-0.4, -0.2) is 19.3 Å². The molecular formula is C18H31NOS. The number of hydrogen-bond acceptors (Lipinski definition) is 3. The topological polar surface area (TPSA) is 21.3 Å². The maximum Gasteiger partial charge on any atom is 0.0873 e. The van der Waals surface area contributed by atoms with E-state index in [1.54, 1.807) is 0 Å². The van der Waals surface area contributed by atoms with Crippen molar-refractivity contribution in [1.29, 1.82) is 0 Å². The molecule has 1 atom stereocenters. The summed E-state index contributed by atoms with van der Waals surface area (Å²) >= 11 is 1.84. The molecule has 0 amide bonds. The normalized spacial score (nSPS) is 22.1. The van der Waals surface area contributed by atoms with Gasteiger partial charge in [0.2, 0.25) is 0 Å². The van der Waals surface area contributed by atoms with Crippen LogP contribution >= 0.6 is 11.3 Å². The first-order valence-corrected chi connectivity index (χ1v) is 9.14. The molecule has 1 aromatic heterocycles. The molecule has 3 heteroatoms. The van der Waals surface area contributed by atoms with E-state index in [0.717, 1.165) is 25.8 Å². The first-order valence-electron chi connectivity index (χ1n) is 8.27. The third kappa shape index (κ3) is 3.69. The maximum atomic E-state index is 6.15. The molecule has 1 saturated carbocycles. The summed E-state index contributed by atoms with van der Waals surface area (Å²) in [6.45, 7) is 10.3. The number of aryl methyl sites for hydroxylation is 1. The van der Waals surface area contributed by atoms with Gasteiger partial charge in [-0.2, -0.15) is 0 Å². The van der Waals surface area contributed by atoms with Crippen LogP contribution in [-0.2, 0) is 4.74 Å². The van der Waals surface area contributed by atoms with Crippen molar-refractivity contribution in [2.45, 2.75) is 71.4 Å². The molecule has 1 aromatic rings. The van der Waals surface area contributed by atoms with Gasteiger partial charge in [-0.15, -0.1) is 11.3 Å². The van der Waals surface area contributed by atoms with Gasteiger partial charge in [-0.05, 0) is 68.0 Å². The lowest BCUT2D eigenvalue weighted by atomic mass is 9.67. The smallest absolute Gasteiger partial charge is 0.0873 e. The molecule has 2 rings (SSSR count). The van der Waals surface area contributed by atoms with Crippen molar-refractivity contribution >= 4 is 11.3 Å². The van der Waals surface area contributed by atoms with Crippen molar-refractivity contribution in [3.8, 4) is 0 Å². The molecule has 0 radical (unpaired) electrons. The highest BCUT2D eigenvalue weighted by Gasteiger charge is 2.45. The number of methoxy groups -OCH3 is 1. The highest BCUT2D eigenvalue weighted by Crippen LogP contribution is 2.48. The Morgan fingerprint density at radius 3 is 2.43 bits per heavy atom. The lowest BCUT2D eigenvalue weighted by Gasteiger charge is -2.47. The Labute approximate surface area is 134 Å². The van der Waals surface area contributed by atoms with Gasteiger partial charge in [-0.25, -0.2) is 0 Å². The molecular weight excluding hydrogens is 278 g/mol. The van der Waals surface area contributed by atoms with Gasteiger partial charge in [-0.1, -0.05) is 20.8 Å². The molecule has 1 heterocycles. The Hall–Kier alpha value is -0.380. The second-order valence-electron chi connectivity index (χ2n) is 7.25. The fraction of sp³-hybridized carbons (Fsp3) is 0.778. The van der Waals surface area contributed by atoms with Crippen LogP contribution in [0.25, 0.3) is 0 Å². The number of thiophene rings is 1. The van der Waals surface area contributed by atoms with E-state index in [9.17, 15) is 0 Å². The molecule has 0 bridgehead atoms. The minimum atomic E-state index is -0.0451. The molecule has 120 valence electrons. The fourth-order valence-corrected chi connectivity index (χ4v) is 4.26. The van der Waals surface area contributed by atoms with Gasteiger partial charge < -0.3 is 10.1 Å². The van der Waals surface area contributed by atoms with Crippen LogP contribution in [0.15, 0.2) is 11.4 Å². The summed E-state index contributed by atoms with van der Waals surface area (Å²) < 4.78 is 6.15. The maximum absolute atomic E-state index is 6.15. The van der Waals surface area contributed by atoms with Gasteiger partial charge in [0, 0.05) is 12.0 Å². The van der Waals surface area contributed by atoms with Crippen molar-refractivity contribution in [3.05, 3.63) is 21.9 Å². The highest BCUT2D eigenvalue weighted by molar-refractivity contribution is 7.10. The molecule has 1 N–H and O–H groups in total. The SMILES string of the molecule is CCCNC(c1ccsc1C)C1(OC)CCC(C)(C)CC1. The average molecular weight is 310 g/mol. The Balaban J connectivity index is 2.27. The number of nitrogens with one attached hydrogen (secondary N) is 1. The van der Waals surface area contributed by atoms with Crippen LogP contribution in [0.3, 0.4) is 0 Å². The van der Waals surface area contributed by atoms with Gasteiger partial charge >= 0.3 is 0 Å². The lowest BCUT2D eigenvalue weighted by Crippen LogP contribution is -2.49. The predicted octanol–water partition coefficient (Wildman–Crippen LogP) is 5.08. The molecule has 1 aliphatic carbocycles. The van der Waals surface area contributed by atoms with Gasteiger partial charge in [0.05, 0.1) is 11.6 Å². The van der Waals surface area contributed by atoms with E-state index in [2.05, 4.69) is 44.5 Å². The van der Waals surface area contributed by atoms with Crippen LogP contribution in [0.4, 0.5) is 0 Å². The standard InChI is InChI=1S/C18H31NOS/c1-6-12-19-16(15-7-13-21-14(15)2)18(20-5)10-8-17(3,4)9-11-18/h7,13,16,19H,6,8-12H2,1-5H3. The molecule has 0 saturated heterocycles. The van der Waals surface area contributed by atoms with Gasteiger partial charge in [-0.3, -0.25) is 0 Å². The molecule has 1 aliphatic rings. The van der Waals surface area contributed by atoms with E-state index in [1.165, 1.54) is 23.3 Å². The van der Waals surface area contributed by atoms with E-state index in [4.69, 9.17) is 4.74 Å². The van der Waals surface area contributed by atoms with Crippen molar-refractivity contribution in [2.75, 3.05) is 13.7 Å². The lowest BCUT2D eigenvalue weighted by molar-refractivity contribution is -0.0876. The van der Waals surface area contributed by atoms with E-state index >= 15 is 0 Å². The molecule has 1 unspecified atom stereocenters. The second-order valence-corrected chi connectivity index (χ2v) is 8.37. The van der Waals surface area contributed by atoms with Gasteiger partial charge in [0.25, 0.3) is 0 Å². The molecule has 0 spiro atoms. The molecule has 0 aromatic carbocycles. The van der Waals surface area contributed by atoms with Crippen molar-refractivity contribution < 1.29 is 4.74 Å². The van der Waals surface area contributed by atoms with Crippen molar-refractivity contribution in [2.24, 2.45) is 5.41 Å². The van der Waals surface area contributed by atoms with E-state index in [0.29, 0.717) is 11.5 Å². The molecule has 0 aliphatic heterocycles. The number of hydrogen-bond donors (Lipinski definition) is 1. The van der Waals surface area contributed by atoms with E-state index in [1.807, 2.05) is 18.4 Å². The second kappa shape index (κ2) is 6.80. The third-order valence-corrected chi connectivity index (χ3v) is 6.05. The molecule has 21 heavy (non-hydrogen) atoms. The summed E-state index contributed by atoms with van der Waals surface area (Å²) in [5.74, 6) is 0. The Kier molecular flexibility index (Phi) is 5.50. The number of ether oxygens (including phenoxy) is 1. The monoisotopic (exact) mass is 309 g/mol. The fourth-order valence-electron chi connectivity index (χ4n) is 3.52. The largest absolute Gasteiger partial charge is 0.376 e. The predicted molar refractivity (Wildman–Crippen MR) is 92.1 cm³/mol. The zero-order chi connectivity index (χ0) is 15.5. The van der Waals surface area contributed by atoms with Crippen LogP contribution in [0.5, 0.6) is 0 Å². The quantitative estimate of drug-likeness (QED) is 0.791. The van der Waals surface area contributed by atoms with Gasteiger partial charge in [0.1, 0.15) is 0 Å². The summed E-state index contributed by atoms with van der Waals surface area (Å²) in [7, 11) is 1.90. The van der Waals surface area contributed by atoms with Crippen LogP contribution in [0.1, 0.15) is 69.4 Å².